The van der Waals surface area contributed by atoms with E-state index in [1.807, 2.05) is 6.92 Å². The summed E-state index contributed by atoms with van der Waals surface area (Å²) in [6, 6.07) is 11.9. The Morgan fingerprint density at radius 3 is 2.33 bits per heavy atom. The molecule has 176 valence electrons. The van der Waals surface area contributed by atoms with Crippen LogP contribution in [0.2, 0.25) is 5.02 Å². The minimum atomic E-state index is -0.546. The highest BCUT2D eigenvalue weighted by molar-refractivity contribution is 9.10. The number of nitrogens with one attached hydrogen (secondary N) is 4. The maximum absolute atomic E-state index is 12.0. The zero-order valence-corrected chi connectivity index (χ0v) is 20.7. The monoisotopic (exact) mass is 556 g/mol. The van der Waals surface area contributed by atoms with E-state index >= 15 is 0 Å². The number of carbonyl (C=O) groups excluding carboxylic acids is 3. The fourth-order valence-electron chi connectivity index (χ4n) is 2.37. The van der Waals surface area contributed by atoms with Gasteiger partial charge in [-0.15, -0.1) is 0 Å². The van der Waals surface area contributed by atoms with E-state index in [2.05, 4.69) is 37.4 Å². The first kappa shape index (κ1) is 26.4. The smallest absolute Gasteiger partial charge is 0.264 e. The molecule has 0 radical (unpaired) electrons. The lowest BCUT2D eigenvalue weighted by molar-refractivity contribution is -0.125. The van der Waals surface area contributed by atoms with Gasteiger partial charge in [0.1, 0.15) is 11.5 Å². The summed E-state index contributed by atoms with van der Waals surface area (Å²) >= 11 is 14.2. The molecule has 2 rings (SSSR count). The normalized spacial score (nSPS) is 10.0. The number of carbonyl (C=O) groups is 3. The highest BCUT2D eigenvalue weighted by Gasteiger charge is 2.10. The van der Waals surface area contributed by atoms with Crippen molar-refractivity contribution in [2.45, 2.75) is 19.8 Å². The van der Waals surface area contributed by atoms with Gasteiger partial charge in [0.15, 0.2) is 11.7 Å². The standard InChI is InChI=1S/C21H22BrClN4O5S/c1-2-31-15-6-4-14(5-7-15)24-18(28)9-10-19(29)26-27-21(33)25-20(30)12-32-17-8-3-13(22)11-16(17)23/h3-8,11H,2,9-10,12H2,1H3,(H,24,28)(H,26,29)(H2,25,27,30,33). The first-order valence-electron chi connectivity index (χ1n) is 9.76. The van der Waals surface area contributed by atoms with Gasteiger partial charge in [-0.2, -0.15) is 0 Å². The number of benzene rings is 2. The van der Waals surface area contributed by atoms with Crippen LogP contribution in [0.1, 0.15) is 19.8 Å². The Balaban J connectivity index is 1.63. The zero-order valence-electron chi connectivity index (χ0n) is 17.6. The van der Waals surface area contributed by atoms with Crippen LogP contribution in [0.4, 0.5) is 5.69 Å². The molecule has 12 heteroatoms. The quantitative estimate of drug-likeness (QED) is 0.276. The number of thiocarbonyl (C=S) groups is 1. The summed E-state index contributed by atoms with van der Waals surface area (Å²) in [5.41, 5.74) is 5.29. The molecule has 0 heterocycles. The molecule has 0 aliphatic rings. The number of rotatable bonds is 9. The maximum atomic E-state index is 12.0. The van der Waals surface area contributed by atoms with Gasteiger partial charge in [-0.3, -0.25) is 30.6 Å². The van der Waals surface area contributed by atoms with E-state index in [9.17, 15) is 14.4 Å². The SMILES string of the molecule is CCOc1ccc(NC(=O)CCC(=O)NNC(=S)NC(=O)COc2ccc(Br)cc2Cl)cc1. The van der Waals surface area contributed by atoms with Crippen LogP contribution in [-0.2, 0) is 14.4 Å². The van der Waals surface area contributed by atoms with Crippen LogP contribution in [0, 0.1) is 0 Å². The van der Waals surface area contributed by atoms with Crippen molar-refractivity contribution in [1.29, 1.82) is 0 Å². The number of hydrogen-bond donors (Lipinski definition) is 4. The zero-order chi connectivity index (χ0) is 24.2. The molecule has 0 atom stereocenters. The summed E-state index contributed by atoms with van der Waals surface area (Å²) in [5, 5.41) is 5.25. The van der Waals surface area contributed by atoms with E-state index in [0.29, 0.717) is 28.8 Å². The van der Waals surface area contributed by atoms with Crippen LogP contribution in [0.25, 0.3) is 0 Å². The van der Waals surface area contributed by atoms with Gasteiger partial charge >= 0.3 is 0 Å². The largest absolute Gasteiger partial charge is 0.494 e. The molecule has 0 saturated heterocycles. The Labute approximate surface area is 209 Å². The molecular weight excluding hydrogens is 536 g/mol. The summed E-state index contributed by atoms with van der Waals surface area (Å²) in [6.45, 7) is 2.10. The molecule has 4 N–H and O–H groups in total. The lowest BCUT2D eigenvalue weighted by Crippen LogP contribution is -2.49. The van der Waals surface area contributed by atoms with E-state index in [4.69, 9.17) is 33.3 Å². The van der Waals surface area contributed by atoms with Gasteiger partial charge in [0.2, 0.25) is 11.8 Å². The van der Waals surface area contributed by atoms with Gasteiger partial charge in [-0.05, 0) is 61.6 Å². The molecule has 0 fully saturated rings. The van der Waals surface area contributed by atoms with Crippen molar-refractivity contribution in [2.75, 3.05) is 18.5 Å². The van der Waals surface area contributed by atoms with Gasteiger partial charge in [0.05, 0.1) is 11.6 Å². The summed E-state index contributed by atoms with van der Waals surface area (Å²) < 4.78 is 11.4. The third-order valence-electron chi connectivity index (χ3n) is 3.85. The summed E-state index contributed by atoms with van der Waals surface area (Å²) in [7, 11) is 0. The minimum Gasteiger partial charge on any atom is -0.494 e. The second kappa shape index (κ2) is 13.6. The van der Waals surface area contributed by atoms with Gasteiger partial charge < -0.3 is 14.8 Å². The van der Waals surface area contributed by atoms with Gasteiger partial charge in [-0.1, -0.05) is 27.5 Å². The lowest BCUT2D eigenvalue weighted by atomic mass is 10.2. The number of halogens is 2. The van der Waals surface area contributed by atoms with E-state index in [-0.39, 0.29) is 30.5 Å². The predicted molar refractivity (Wildman–Crippen MR) is 132 cm³/mol. The maximum Gasteiger partial charge on any atom is 0.264 e. The minimum absolute atomic E-state index is 0.0400. The summed E-state index contributed by atoms with van der Waals surface area (Å²) in [6.07, 6.45) is -0.126. The van der Waals surface area contributed by atoms with E-state index < -0.39 is 11.8 Å². The molecule has 0 saturated carbocycles. The number of hydrogen-bond acceptors (Lipinski definition) is 6. The van der Waals surface area contributed by atoms with Crippen molar-refractivity contribution in [1.82, 2.24) is 16.2 Å². The second-order valence-electron chi connectivity index (χ2n) is 6.42. The Bertz CT molecular complexity index is 1010. The number of hydrazine groups is 1. The highest BCUT2D eigenvalue weighted by Crippen LogP contribution is 2.27. The van der Waals surface area contributed by atoms with Gasteiger partial charge in [-0.25, -0.2) is 0 Å². The van der Waals surface area contributed by atoms with Crippen molar-refractivity contribution in [2.24, 2.45) is 0 Å². The Morgan fingerprint density at radius 1 is 0.970 bits per heavy atom. The van der Waals surface area contributed by atoms with E-state index in [1.165, 1.54) is 0 Å². The van der Waals surface area contributed by atoms with Crippen LogP contribution in [0.15, 0.2) is 46.9 Å². The molecule has 0 aromatic heterocycles. The molecule has 0 aliphatic heterocycles. The third kappa shape index (κ3) is 10.1. The Kier molecular flexibility index (Phi) is 10.9. The number of ether oxygens (including phenoxy) is 2. The average molecular weight is 558 g/mol. The van der Waals surface area contributed by atoms with Crippen LogP contribution < -0.4 is 31.0 Å². The number of anilines is 1. The Hall–Kier alpha value is -2.89. The Morgan fingerprint density at radius 2 is 1.67 bits per heavy atom. The van der Waals surface area contributed by atoms with E-state index in [1.54, 1.807) is 42.5 Å². The third-order valence-corrected chi connectivity index (χ3v) is 4.84. The molecule has 0 aliphatic carbocycles. The second-order valence-corrected chi connectivity index (χ2v) is 8.15. The van der Waals surface area contributed by atoms with Crippen LogP contribution in [-0.4, -0.2) is 36.0 Å². The number of amides is 3. The summed E-state index contributed by atoms with van der Waals surface area (Å²) in [5.74, 6) is -0.311. The fraction of sp³-hybridized carbons (Fsp3) is 0.238. The average Bonchev–Trinajstić information content (AvgIpc) is 2.77. The fourth-order valence-corrected chi connectivity index (χ4v) is 3.26. The van der Waals surface area contributed by atoms with Gasteiger partial charge in [0.25, 0.3) is 5.91 Å². The molecule has 2 aromatic rings. The van der Waals surface area contributed by atoms with Gasteiger partial charge in [0, 0.05) is 23.0 Å². The molecule has 0 bridgehead atoms. The first-order valence-corrected chi connectivity index (χ1v) is 11.3. The van der Waals surface area contributed by atoms with Crippen molar-refractivity contribution in [3.05, 3.63) is 52.0 Å². The predicted octanol–water partition coefficient (Wildman–Crippen LogP) is 3.32. The first-order chi connectivity index (χ1) is 15.8. The molecule has 0 spiro atoms. The van der Waals surface area contributed by atoms with Crippen LogP contribution in [0.5, 0.6) is 11.5 Å². The molecule has 3 amide bonds. The molecule has 33 heavy (non-hydrogen) atoms. The van der Waals surface area contributed by atoms with Crippen LogP contribution in [0.3, 0.4) is 0 Å². The van der Waals surface area contributed by atoms with Crippen molar-refractivity contribution < 1.29 is 23.9 Å². The molecular formula is C21H22BrClN4O5S. The van der Waals surface area contributed by atoms with Crippen molar-refractivity contribution in [3.8, 4) is 11.5 Å². The topological polar surface area (TPSA) is 118 Å². The summed E-state index contributed by atoms with van der Waals surface area (Å²) in [4.78, 5) is 35.8. The lowest BCUT2D eigenvalue weighted by Gasteiger charge is -2.12. The molecule has 2 aromatic carbocycles. The van der Waals surface area contributed by atoms with Crippen LogP contribution >= 0.6 is 39.7 Å². The van der Waals surface area contributed by atoms with E-state index in [0.717, 1.165) is 4.47 Å². The molecule has 0 unspecified atom stereocenters. The van der Waals surface area contributed by atoms with Crippen molar-refractivity contribution in [3.63, 3.8) is 0 Å². The van der Waals surface area contributed by atoms with Crippen molar-refractivity contribution >= 4 is 68.3 Å². The highest BCUT2D eigenvalue weighted by atomic mass is 79.9. The molecule has 9 nitrogen and oxygen atoms in total.